The van der Waals surface area contributed by atoms with Crippen molar-refractivity contribution in [1.82, 2.24) is 14.1 Å². The molecule has 0 saturated carbocycles. The summed E-state index contributed by atoms with van der Waals surface area (Å²) in [7, 11) is 2.10. The van der Waals surface area contributed by atoms with E-state index < -0.39 is 0 Å². The van der Waals surface area contributed by atoms with Crippen molar-refractivity contribution in [1.29, 1.82) is 0 Å². The second-order valence-corrected chi connectivity index (χ2v) is 15.6. The van der Waals surface area contributed by atoms with Crippen LogP contribution in [0.4, 0.5) is 11.5 Å². The molecule has 0 N–H and O–H groups in total. The number of pyridine rings is 1. The minimum atomic E-state index is -0.126. The number of rotatable bonds is 4. The Hall–Kier alpha value is -3.43. The first kappa shape index (κ1) is 30.6. The first-order chi connectivity index (χ1) is 20.6. The van der Waals surface area contributed by atoms with Gasteiger partial charge in [0.15, 0.2) is 0 Å². The molecule has 0 amide bonds. The van der Waals surface area contributed by atoms with Gasteiger partial charge in [-0.15, -0.1) is 0 Å². The maximum absolute atomic E-state index is 6.65. The molecule has 6 rings (SSSR count). The van der Waals surface area contributed by atoms with E-state index in [0.29, 0.717) is 11.5 Å². The maximum atomic E-state index is 6.65. The number of aryl methyl sites for hydroxylation is 2. The average Bonchev–Trinajstić information content (AvgIpc) is 3.21. The molecule has 0 radical (unpaired) electrons. The molecule has 0 saturated heterocycles. The summed E-state index contributed by atoms with van der Waals surface area (Å²) < 4.78 is 12.2. The summed E-state index contributed by atoms with van der Waals surface area (Å²) in [4.78, 5) is 7.21. The zero-order chi connectivity index (χ0) is 31.6. The second kappa shape index (κ2) is 10.9. The SMILES string of the molecule is Cn1[c](=[Pt])n(-c2[c-]c(Oc3[c-]c4c(cc3)CCC(C)(C)N4c3cc(C(C)(C)C)ccn3)cc(C(C)(C)C)c2)c2ccccc21. The first-order valence-corrected chi connectivity index (χ1v) is 16.5. The Labute approximate surface area is 272 Å². The van der Waals surface area contributed by atoms with Crippen LogP contribution in [0.1, 0.15) is 78.5 Å². The normalized spacial score (nSPS) is 15.0. The van der Waals surface area contributed by atoms with Crippen LogP contribution >= 0.6 is 0 Å². The van der Waals surface area contributed by atoms with E-state index in [-0.39, 0.29) is 16.4 Å². The molecular formula is C38H42N4OPt-2. The van der Waals surface area contributed by atoms with Crippen molar-refractivity contribution in [2.75, 3.05) is 4.90 Å². The van der Waals surface area contributed by atoms with Gasteiger partial charge in [-0.2, -0.15) is 0 Å². The van der Waals surface area contributed by atoms with E-state index >= 15 is 0 Å². The third-order valence-corrected chi connectivity index (χ3v) is 10.00. The van der Waals surface area contributed by atoms with Gasteiger partial charge in [0.1, 0.15) is 0 Å². The van der Waals surface area contributed by atoms with Crippen LogP contribution in [-0.4, -0.2) is 19.7 Å². The number of hydrogen-bond donors (Lipinski definition) is 0. The summed E-state index contributed by atoms with van der Waals surface area (Å²) in [5.41, 5.74) is 7.82. The molecule has 44 heavy (non-hydrogen) atoms. The van der Waals surface area contributed by atoms with Crippen LogP contribution in [0.5, 0.6) is 11.5 Å². The molecule has 0 aliphatic carbocycles. The summed E-state index contributed by atoms with van der Waals surface area (Å²) >= 11 is 2.40. The number of fused-ring (bicyclic) bond motifs is 2. The average molecular weight is 766 g/mol. The van der Waals surface area contributed by atoms with Gasteiger partial charge in [0.2, 0.25) is 0 Å². The Morgan fingerprint density at radius 1 is 0.841 bits per heavy atom. The monoisotopic (exact) mass is 765 g/mol. The summed E-state index contributed by atoms with van der Waals surface area (Å²) in [5, 5.41) is 0. The van der Waals surface area contributed by atoms with E-state index in [2.05, 4.69) is 163 Å². The first-order valence-electron chi connectivity index (χ1n) is 15.3. The molecule has 232 valence electrons. The fraction of sp³-hybridized carbons (Fsp3) is 0.368. The van der Waals surface area contributed by atoms with Gasteiger partial charge >= 0.3 is 230 Å². The minimum absolute atomic E-state index is 0.0285. The Kier molecular flexibility index (Phi) is 7.56. The zero-order valence-corrected chi connectivity index (χ0v) is 29.6. The van der Waals surface area contributed by atoms with Crippen molar-refractivity contribution in [2.24, 2.45) is 7.05 Å². The molecule has 3 aromatic carbocycles. The molecule has 1 aliphatic heterocycles. The van der Waals surface area contributed by atoms with Crippen LogP contribution in [0.25, 0.3) is 16.7 Å². The number of hydrogen-bond acceptors (Lipinski definition) is 3. The number of anilines is 2. The van der Waals surface area contributed by atoms with E-state index in [1.165, 1.54) is 22.2 Å². The molecule has 3 heterocycles. The van der Waals surface area contributed by atoms with Crippen LogP contribution in [0.3, 0.4) is 0 Å². The molecule has 6 heteroatoms. The quantitative estimate of drug-likeness (QED) is 0.171. The summed E-state index contributed by atoms with van der Waals surface area (Å²) in [6.45, 7) is 18.0. The van der Waals surface area contributed by atoms with Crippen molar-refractivity contribution < 1.29 is 24.1 Å². The van der Waals surface area contributed by atoms with Gasteiger partial charge in [0.25, 0.3) is 0 Å². The van der Waals surface area contributed by atoms with Crippen molar-refractivity contribution in [3.63, 3.8) is 0 Å². The van der Waals surface area contributed by atoms with E-state index in [4.69, 9.17) is 9.72 Å². The summed E-state index contributed by atoms with van der Waals surface area (Å²) in [6, 6.07) is 28.7. The van der Waals surface area contributed by atoms with E-state index in [9.17, 15) is 0 Å². The fourth-order valence-corrected chi connectivity index (χ4v) is 6.81. The standard InChI is InChI=1S/C38H42N4O.Pt/c1-36(2,3)27-17-19-39-35(22-27)42-34-24-30(15-14-26(34)16-18-38(42,7)8)43-31-21-28(37(4,5)6)20-29(23-31)41-25-40(9)32-12-10-11-13-33(32)41;/h10-15,17,19-22H,16,18H2,1-9H3;/q-2;. The fourth-order valence-electron chi connectivity index (χ4n) is 5.99. The molecule has 0 atom stereocenters. The second-order valence-electron chi connectivity index (χ2n) is 14.6. The van der Waals surface area contributed by atoms with Gasteiger partial charge in [0, 0.05) is 6.20 Å². The van der Waals surface area contributed by atoms with Gasteiger partial charge in [-0.3, -0.25) is 0 Å². The van der Waals surface area contributed by atoms with E-state index in [0.717, 1.165) is 39.4 Å². The number of ether oxygens (including phenoxy) is 1. The Morgan fingerprint density at radius 3 is 2.25 bits per heavy atom. The third-order valence-electron chi connectivity index (χ3n) is 8.73. The molecule has 5 aromatic rings. The topological polar surface area (TPSA) is 35.2 Å². The number of aromatic nitrogens is 3. The van der Waals surface area contributed by atoms with Crippen LogP contribution in [0.15, 0.2) is 66.9 Å². The zero-order valence-electron chi connectivity index (χ0n) is 27.3. The molecular weight excluding hydrogens is 724 g/mol. The Balaban J connectivity index is 1.45. The summed E-state index contributed by atoms with van der Waals surface area (Å²) in [6.07, 6.45) is 3.95. The van der Waals surface area contributed by atoms with Crippen LogP contribution < -0.4 is 9.64 Å². The predicted octanol–water partition coefficient (Wildman–Crippen LogP) is 9.29. The Morgan fingerprint density at radius 2 is 1.55 bits per heavy atom. The molecule has 5 nitrogen and oxygen atoms in total. The van der Waals surface area contributed by atoms with Gasteiger partial charge in [-0.1, -0.05) is 20.8 Å². The number of imidazole rings is 1. The molecule has 0 spiro atoms. The van der Waals surface area contributed by atoms with Crippen LogP contribution in [-0.2, 0) is 43.7 Å². The third kappa shape index (κ3) is 5.60. The predicted molar refractivity (Wildman–Crippen MR) is 176 cm³/mol. The van der Waals surface area contributed by atoms with Crippen LogP contribution in [0.2, 0.25) is 0 Å². The molecule has 0 bridgehead atoms. The summed E-state index contributed by atoms with van der Waals surface area (Å²) in [5.74, 6) is 2.29. The molecule has 1 aliphatic rings. The van der Waals surface area contributed by atoms with Gasteiger partial charge in [0.05, 0.1) is 0 Å². The number of nitrogens with zero attached hydrogens (tertiary/aromatic N) is 4. The number of para-hydroxylation sites is 2. The van der Waals surface area contributed by atoms with Crippen molar-refractivity contribution >= 4 is 22.5 Å². The van der Waals surface area contributed by atoms with Gasteiger partial charge < -0.3 is 0 Å². The Bertz CT molecular complexity index is 1930. The van der Waals surface area contributed by atoms with Crippen molar-refractivity contribution in [3.05, 3.63) is 99.5 Å². The molecule has 2 aromatic heterocycles. The van der Waals surface area contributed by atoms with Gasteiger partial charge in [-0.25, -0.2) is 0 Å². The van der Waals surface area contributed by atoms with E-state index in [1.54, 1.807) is 0 Å². The molecule has 0 unspecified atom stereocenters. The van der Waals surface area contributed by atoms with Crippen LogP contribution in [0, 0.1) is 15.9 Å². The molecule has 0 fully saturated rings. The van der Waals surface area contributed by atoms with Crippen molar-refractivity contribution in [2.45, 2.75) is 84.6 Å². The van der Waals surface area contributed by atoms with Crippen molar-refractivity contribution in [3.8, 4) is 17.2 Å². The number of benzene rings is 3. The van der Waals surface area contributed by atoms with Gasteiger partial charge in [-0.05, 0) is 17.0 Å². The van der Waals surface area contributed by atoms with E-state index in [1.807, 2.05) is 12.3 Å².